The van der Waals surface area contributed by atoms with Crippen LogP contribution in [0.4, 0.5) is 28.9 Å². The third kappa shape index (κ3) is 5.69. The van der Waals surface area contributed by atoms with Crippen molar-refractivity contribution in [2.75, 3.05) is 30.0 Å². The molecule has 1 aliphatic rings. The highest BCUT2D eigenvalue weighted by Crippen LogP contribution is 2.41. The van der Waals surface area contributed by atoms with Crippen molar-refractivity contribution in [1.29, 1.82) is 0 Å². The summed E-state index contributed by atoms with van der Waals surface area (Å²) in [6, 6.07) is 2.20. The van der Waals surface area contributed by atoms with Crippen LogP contribution in [0, 0.1) is 5.82 Å². The summed E-state index contributed by atoms with van der Waals surface area (Å²) in [5.41, 5.74) is 6.52. The van der Waals surface area contributed by atoms with Crippen LogP contribution in [0.3, 0.4) is 0 Å². The van der Waals surface area contributed by atoms with E-state index < -0.39 is 24.4 Å². The van der Waals surface area contributed by atoms with E-state index in [0.29, 0.717) is 36.5 Å². The molecule has 0 radical (unpaired) electrons. The first-order valence-corrected chi connectivity index (χ1v) is 9.23. The largest absolute Gasteiger partial charge is 0.401 e. The number of carbonyl (C=O) groups is 1. The van der Waals surface area contributed by atoms with Crippen molar-refractivity contribution in [2.45, 2.75) is 39.3 Å². The zero-order chi connectivity index (χ0) is 21.8. The van der Waals surface area contributed by atoms with Gasteiger partial charge in [-0.1, -0.05) is 13.3 Å². The third-order valence-electron chi connectivity index (χ3n) is 4.60. The van der Waals surface area contributed by atoms with Crippen LogP contribution in [0.1, 0.15) is 43.5 Å². The minimum Gasteiger partial charge on any atom is -0.366 e. The zero-order valence-corrected chi connectivity index (χ0v) is 16.4. The third-order valence-corrected chi connectivity index (χ3v) is 4.60. The Kier molecular flexibility index (Phi) is 7.23. The van der Waals surface area contributed by atoms with E-state index in [0.717, 1.165) is 12.5 Å². The minimum absolute atomic E-state index is 0.0654. The molecule has 0 aliphatic carbocycles. The summed E-state index contributed by atoms with van der Waals surface area (Å²) < 4.78 is 52.3. The second-order valence-corrected chi connectivity index (χ2v) is 6.92. The van der Waals surface area contributed by atoms with Crippen LogP contribution in [0.15, 0.2) is 28.6 Å². The summed E-state index contributed by atoms with van der Waals surface area (Å²) >= 11 is 0. The smallest absolute Gasteiger partial charge is 0.366 e. The van der Waals surface area contributed by atoms with Gasteiger partial charge in [0.15, 0.2) is 0 Å². The number of alkyl halides is 3. The maximum Gasteiger partial charge on any atom is 0.401 e. The van der Waals surface area contributed by atoms with Gasteiger partial charge in [0.2, 0.25) is 0 Å². The molecule has 2 rings (SSSR count). The molecule has 1 aromatic carbocycles. The van der Waals surface area contributed by atoms with E-state index in [1.165, 1.54) is 16.0 Å². The lowest BCUT2D eigenvalue weighted by Gasteiger charge is -2.24. The highest BCUT2D eigenvalue weighted by molar-refractivity contribution is 6.04. The number of benzene rings is 1. The van der Waals surface area contributed by atoms with Gasteiger partial charge in [0.05, 0.1) is 17.8 Å². The summed E-state index contributed by atoms with van der Waals surface area (Å²) in [5, 5.41) is 8.17. The first kappa shape index (κ1) is 22.7. The zero-order valence-electron chi connectivity index (χ0n) is 16.4. The van der Waals surface area contributed by atoms with Crippen LogP contribution in [-0.2, 0) is 0 Å². The van der Waals surface area contributed by atoms with Crippen LogP contribution in [0.25, 0.3) is 0 Å². The number of nitrogens with zero attached hydrogens (tertiary/aromatic N) is 3. The topological polar surface area (TPSA) is 74.0 Å². The molecule has 0 saturated heterocycles. The maximum atomic E-state index is 13.8. The van der Waals surface area contributed by atoms with E-state index in [2.05, 4.69) is 17.1 Å². The number of primary amides is 1. The SMILES string of the molecule is C=NN1/C(=C(\C)CCN(CCCC)CC(F)(F)F)Nc2cc(F)cc(C(N)=O)c21. The highest BCUT2D eigenvalue weighted by atomic mass is 19.4. The van der Waals surface area contributed by atoms with Gasteiger partial charge < -0.3 is 11.1 Å². The molecule has 0 unspecified atom stereocenters. The molecule has 10 heteroatoms. The normalized spacial score (nSPS) is 15.3. The van der Waals surface area contributed by atoms with E-state index in [1.54, 1.807) is 6.92 Å². The van der Waals surface area contributed by atoms with E-state index in [-0.39, 0.29) is 17.8 Å². The fourth-order valence-corrected chi connectivity index (χ4v) is 3.18. The number of hydrazone groups is 1. The number of rotatable bonds is 9. The number of carbonyl (C=O) groups excluding carboxylic acids is 1. The average molecular weight is 415 g/mol. The second-order valence-electron chi connectivity index (χ2n) is 6.92. The lowest BCUT2D eigenvalue weighted by molar-refractivity contribution is -0.146. The number of hydrogen-bond donors (Lipinski definition) is 2. The van der Waals surface area contributed by atoms with E-state index in [1.807, 2.05) is 6.92 Å². The molecular formula is C19H25F4N5O. The Hall–Kier alpha value is -2.62. The van der Waals surface area contributed by atoms with Gasteiger partial charge >= 0.3 is 6.18 Å². The Morgan fingerprint density at radius 3 is 2.59 bits per heavy atom. The molecule has 6 nitrogen and oxygen atoms in total. The van der Waals surface area contributed by atoms with Gasteiger partial charge in [0, 0.05) is 13.3 Å². The van der Waals surface area contributed by atoms with Gasteiger partial charge in [-0.15, -0.1) is 0 Å². The highest BCUT2D eigenvalue weighted by Gasteiger charge is 2.32. The average Bonchev–Trinajstić information content (AvgIpc) is 2.99. The molecule has 0 saturated carbocycles. The Morgan fingerprint density at radius 2 is 2.03 bits per heavy atom. The van der Waals surface area contributed by atoms with Gasteiger partial charge in [0.1, 0.15) is 17.3 Å². The second kappa shape index (κ2) is 9.25. The number of halogens is 4. The van der Waals surface area contributed by atoms with Crippen LogP contribution < -0.4 is 16.1 Å². The molecule has 1 amide bonds. The first-order chi connectivity index (χ1) is 13.6. The van der Waals surface area contributed by atoms with Crippen LogP contribution in [0.2, 0.25) is 0 Å². The number of fused-ring (bicyclic) bond motifs is 1. The Morgan fingerprint density at radius 1 is 1.34 bits per heavy atom. The molecule has 3 N–H and O–H groups in total. The standard InChI is InChI=1S/C19H25F4N5O/c1-4-5-7-27(11-19(21,22)23)8-6-12(2)18-26-15-10-13(20)9-14(17(24)29)16(15)28(18)25-3/h9-10,26H,3-8,11H2,1-2H3,(H2,24,29)/b18-12+. The summed E-state index contributed by atoms with van der Waals surface area (Å²) in [7, 11) is 0. The van der Waals surface area contributed by atoms with Gasteiger partial charge in [-0.25, -0.2) is 9.40 Å². The summed E-state index contributed by atoms with van der Waals surface area (Å²) in [6.07, 6.45) is -2.51. The van der Waals surface area contributed by atoms with Gasteiger partial charge in [-0.2, -0.15) is 18.3 Å². The Bertz CT molecular complexity index is 807. The molecule has 0 bridgehead atoms. The van der Waals surface area contributed by atoms with Gasteiger partial charge in [-0.05, 0) is 44.0 Å². The van der Waals surface area contributed by atoms with E-state index in [4.69, 9.17) is 5.73 Å². The predicted molar refractivity (Wildman–Crippen MR) is 105 cm³/mol. The fraction of sp³-hybridized carbons (Fsp3) is 0.474. The summed E-state index contributed by atoms with van der Waals surface area (Å²) in [4.78, 5) is 13.1. The van der Waals surface area contributed by atoms with Crippen LogP contribution in [-0.4, -0.2) is 43.3 Å². The van der Waals surface area contributed by atoms with Crippen molar-refractivity contribution in [3.63, 3.8) is 0 Å². The van der Waals surface area contributed by atoms with Crippen molar-refractivity contribution in [3.05, 3.63) is 34.9 Å². The molecule has 0 atom stereocenters. The van der Waals surface area contributed by atoms with Gasteiger partial charge in [0.25, 0.3) is 5.91 Å². The summed E-state index contributed by atoms with van der Waals surface area (Å²) in [5.74, 6) is -1.06. The number of unbranched alkanes of at least 4 members (excludes halogenated alkanes) is 1. The van der Waals surface area contributed by atoms with E-state index >= 15 is 0 Å². The molecule has 1 aliphatic heterocycles. The maximum absolute atomic E-state index is 13.8. The van der Waals surface area contributed by atoms with Crippen molar-refractivity contribution in [2.24, 2.45) is 10.8 Å². The number of amides is 1. The van der Waals surface area contributed by atoms with Gasteiger partial charge in [-0.3, -0.25) is 9.69 Å². The van der Waals surface area contributed by atoms with E-state index in [9.17, 15) is 22.4 Å². The Labute approximate surface area is 167 Å². The molecular weight excluding hydrogens is 390 g/mol. The predicted octanol–water partition coefficient (Wildman–Crippen LogP) is 4.06. The molecule has 160 valence electrons. The molecule has 29 heavy (non-hydrogen) atoms. The number of anilines is 2. The molecule has 1 aromatic rings. The number of hydrogen-bond acceptors (Lipinski definition) is 5. The number of nitrogens with two attached hydrogens (primary N) is 1. The monoisotopic (exact) mass is 415 g/mol. The quantitative estimate of drug-likeness (QED) is 0.471. The van der Waals surface area contributed by atoms with Crippen LogP contribution >= 0.6 is 0 Å². The summed E-state index contributed by atoms with van der Waals surface area (Å²) in [6.45, 7) is 6.68. The van der Waals surface area contributed by atoms with Crippen molar-refractivity contribution < 1.29 is 22.4 Å². The van der Waals surface area contributed by atoms with Crippen LogP contribution in [0.5, 0.6) is 0 Å². The van der Waals surface area contributed by atoms with Crippen molar-refractivity contribution in [3.8, 4) is 0 Å². The molecule has 0 aromatic heterocycles. The fourth-order valence-electron chi connectivity index (χ4n) is 3.18. The number of nitrogens with one attached hydrogen (secondary N) is 1. The first-order valence-electron chi connectivity index (χ1n) is 9.23. The lowest BCUT2D eigenvalue weighted by Crippen LogP contribution is -2.36. The van der Waals surface area contributed by atoms with Crippen molar-refractivity contribution >= 4 is 24.0 Å². The Balaban J connectivity index is 2.26. The lowest BCUT2D eigenvalue weighted by atomic mass is 10.1. The minimum atomic E-state index is -4.28. The molecule has 0 fully saturated rings. The van der Waals surface area contributed by atoms with Crippen molar-refractivity contribution in [1.82, 2.24) is 4.90 Å². The molecule has 0 spiro atoms. The molecule has 1 heterocycles.